The number of halogens is 1. The van der Waals surface area contributed by atoms with Crippen LogP contribution in [0.25, 0.3) is 0 Å². The number of likely N-dealkylation sites (N-methyl/N-ethyl adjacent to an activating group) is 1. The Hall–Kier alpha value is -2.76. The standard InChI is InChI=1S/C28H31ClN2O2S/c1-3-30-28(33)26(17-22-11-5-4-6-12-22)31(18-24-14-7-8-15-25(24)29)27(32)20-34-19-23-13-9-10-21(2)16-23/h4-16,26H,3,17-20H2,1-2H3,(H,30,33)/t26-/m0/s1. The van der Waals surface area contributed by atoms with E-state index in [0.717, 1.165) is 16.9 Å². The minimum atomic E-state index is -0.634. The van der Waals surface area contributed by atoms with Crippen molar-refractivity contribution in [2.24, 2.45) is 0 Å². The highest BCUT2D eigenvalue weighted by Crippen LogP contribution is 2.22. The Bertz CT molecular complexity index is 1090. The van der Waals surface area contributed by atoms with Gasteiger partial charge in [-0.1, -0.05) is 90.0 Å². The third kappa shape index (κ3) is 7.64. The van der Waals surface area contributed by atoms with Gasteiger partial charge in [0.05, 0.1) is 5.75 Å². The van der Waals surface area contributed by atoms with E-state index < -0.39 is 6.04 Å². The van der Waals surface area contributed by atoms with Crippen LogP contribution in [0.3, 0.4) is 0 Å². The van der Waals surface area contributed by atoms with Crippen molar-refractivity contribution in [1.29, 1.82) is 0 Å². The summed E-state index contributed by atoms with van der Waals surface area (Å²) in [6.45, 7) is 4.72. The molecule has 2 amide bonds. The molecule has 178 valence electrons. The fraction of sp³-hybridized carbons (Fsp3) is 0.286. The van der Waals surface area contributed by atoms with Crippen LogP contribution in [0, 0.1) is 6.92 Å². The van der Waals surface area contributed by atoms with E-state index >= 15 is 0 Å². The van der Waals surface area contributed by atoms with Gasteiger partial charge in [-0.05, 0) is 36.6 Å². The van der Waals surface area contributed by atoms with Gasteiger partial charge in [0, 0.05) is 30.3 Å². The maximum atomic E-state index is 13.5. The first kappa shape index (κ1) is 25.9. The molecule has 0 fully saturated rings. The van der Waals surface area contributed by atoms with Crippen molar-refractivity contribution in [3.05, 3.63) is 106 Å². The number of aryl methyl sites for hydroxylation is 1. The molecule has 0 heterocycles. The molecule has 1 N–H and O–H groups in total. The van der Waals surface area contributed by atoms with Gasteiger partial charge in [0.2, 0.25) is 11.8 Å². The third-order valence-corrected chi connectivity index (χ3v) is 6.85. The average molecular weight is 495 g/mol. The molecule has 6 heteroatoms. The molecule has 0 saturated heterocycles. The molecule has 0 radical (unpaired) electrons. The van der Waals surface area contributed by atoms with E-state index in [2.05, 4.69) is 30.4 Å². The van der Waals surface area contributed by atoms with Gasteiger partial charge >= 0.3 is 0 Å². The van der Waals surface area contributed by atoms with Gasteiger partial charge in [0.1, 0.15) is 6.04 Å². The highest BCUT2D eigenvalue weighted by atomic mass is 35.5. The zero-order chi connectivity index (χ0) is 24.3. The first-order valence-corrected chi connectivity index (χ1v) is 13.0. The van der Waals surface area contributed by atoms with E-state index in [4.69, 9.17) is 11.6 Å². The molecule has 0 aliphatic rings. The van der Waals surface area contributed by atoms with E-state index in [-0.39, 0.29) is 24.1 Å². The van der Waals surface area contributed by atoms with Gasteiger partial charge in [0.15, 0.2) is 0 Å². The topological polar surface area (TPSA) is 49.4 Å². The van der Waals surface area contributed by atoms with Crippen LogP contribution in [-0.2, 0) is 28.3 Å². The van der Waals surface area contributed by atoms with Crippen molar-refractivity contribution in [2.75, 3.05) is 12.3 Å². The number of rotatable bonds is 11. The number of amides is 2. The van der Waals surface area contributed by atoms with Crippen LogP contribution in [0.15, 0.2) is 78.9 Å². The Kier molecular flexibility index (Phi) is 10.0. The largest absolute Gasteiger partial charge is 0.355 e. The van der Waals surface area contributed by atoms with Crippen molar-refractivity contribution in [2.45, 2.75) is 38.6 Å². The Balaban J connectivity index is 1.83. The van der Waals surface area contributed by atoms with Crippen molar-refractivity contribution >= 4 is 35.2 Å². The van der Waals surface area contributed by atoms with Crippen molar-refractivity contribution in [3.63, 3.8) is 0 Å². The van der Waals surface area contributed by atoms with Gasteiger partial charge in [-0.25, -0.2) is 0 Å². The fourth-order valence-corrected chi connectivity index (χ4v) is 4.85. The first-order valence-electron chi connectivity index (χ1n) is 11.5. The van der Waals surface area contributed by atoms with E-state index in [0.29, 0.717) is 18.0 Å². The summed E-state index contributed by atoms with van der Waals surface area (Å²) in [4.78, 5) is 28.4. The minimum Gasteiger partial charge on any atom is -0.355 e. The quantitative estimate of drug-likeness (QED) is 0.374. The fourth-order valence-electron chi connectivity index (χ4n) is 3.80. The van der Waals surface area contributed by atoms with Gasteiger partial charge < -0.3 is 10.2 Å². The van der Waals surface area contributed by atoms with Crippen molar-refractivity contribution < 1.29 is 9.59 Å². The predicted molar refractivity (Wildman–Crippen MR) is 142 cm³/mol. The van der Waals surface area contributed by atoms with Crippen LogP contribution in [0.5, 0.6) is 0 Å². The van der Waals surface area contributed by atoms with Crippen LogP contribution < -0.4 is 5.32 Å². The summed E-state index contributed by atoms with van der Waals surface area (Å²) >= 11 is 7.99. The zero-order valence-electron chi connectivity index (χ0n) is 19.7. The smallest absolute Gasteiger partial charge is 0.243 e. The summed E-state index contributed by atoms with van der Waals surface area (Å²) in [5, 5.41) is 3.50. The zero-order valence-corrected chi connectivity index (χ0v) is 21.2. The lowest BCUT2D eigenvalue weighted by Gasteiger charge is -2.31. The van der Waals surface area contributed by atoms with Crippen LogP contribution in [0.1, 0.15) is 29.2 Å². The summed E-state index contributed by atoms with van der Waals surface area (Å²) < 4.78 is 0. The molecule has 3 aromatic carbocycles. The number of carbonyl (C=O) groups excluding carboxylic acids is 2. The number of hydrogen-bond donors (Lipinski definition) is 1. The maximum absolute atomic E-state index is 13.5. The second-order valence-corrected chi connectivity index (χ2v) is 9.59. The molecule has 0 aromatic heterocycles. The molecule has 4 nitrogen and oxygen atoms in total. The highest BCUT2D eigenvalue weighted by Gasteiger charge is 2.30. The second kappa shape index (κ2) is 13.2. The summed E-state index contributed by atoms with van der Waals surface area (Å²) in [5.41, 5.74) is 4.20. The SMILES string of the molecule is CCNC(=O)[C@H](Cc1ccccc1)N(Cc1ccccc1Cl)C(=O)CSCc1cccc(C)c1. The van der Waals surface area contributed by atoms with Gasteiger partial charge in [-0.3, -0.25) is 9.59 Å². The average Bonchev–Trinajstić information content (AvgIpc) is 2.83. The molecule has 0 unspecified atom stereocenters. The highest BCUT2D eigenvalue weighted by molar-refractivity contribution is 7.99. The van der Waals surface area contributed by atoms with E-state index in [9.17, 15) is 9.59 Å². The van der Waals surface area contributed by atoms with Crippen LogP contribution >= 0.6 is 23.4 Å². The van der Waals surface area contributed by atoms with Crippen LogP contribution in [-0.4, -0.2) is 35.1 Å². The lowest BCUT2D eigenvalue weighted by Crippen LogP contribution is -2.51. The van der Waals surface area contributed by atoms with Crippen LogP contribution in [0.4, 0.5) is 0 Å². The molecule has 1 atom stereocenters. The van der Waals surface area contributed by atoms with Crippen molar-refractivity contribution in [3.8, 4) is 0 Å². The van der Waals surface area contributed by atoms with E-state index in [1.54, 1.807) is 16.7 Å². The lowest BCUT2D eigenvalue weighted by molar-refractivity contribution is -0.139. The number of hydrogen-bond acceptors (Lipinski definition) is 3. The van der Waals surface area contributed by atoms with Crippen molar-refractivity contribution in [1.82, 2.24) is 10.2 Å². The molecule has 3 rings (SSSR count). The Morgan fingerprint density at radius 2 is 1.68 bits per heavy atom. The Morgan fingerprint density at radius 3 is 2.38 bits per heavy atom. The number of benzene rings is 3. The van der Waals surface area contributed by atoms with E-state index in [1.807, 2.05) is 67.6 Å². The third-order valence-electron chi connectivity index (χ3n) is 5.50. The molecular weight excluding hydrogens is 464 g/mol. The molecule has 0 aliphatic heterocycles. The minimum absolute atomic E-state index is 0.0789. The first-order chi connectivity index (χ1) is 16.5. The normalized spacial score (nSPS) is 11.6. The second-order valence-electron chi connectivity index (χ2n) is 8.20. The molecule has 3 aromatic rings. The lowest BCUT2D eigenvalue weighted by atomic mass is 10.0. The molecule has 0 aliphatic carbocycles. The van der Waals surface area contributed by atoms with Gasteiger partial charge in [-0.2, -0.15) is 0 Å². The number of nitrogens with zero attached hydrogens (tertiary/aromatic N) is 1. The number of carbonyl (C=O) groups is 2. The van der Waals surface area contributed by atoms with E-state index in [1.165, 1.54) is 11.1 Å². The van der Waals surface area contributed by atoms with Gasteiger partial charge in [-0.15, -0.1) is 11.8 Å². The summed E-state index contributed by atoms with van der Waals surface area (Å²) in [6, 6.07) is 24.9. The maximum Gasteiger partial charge on any atom is 0.243 e. The molecule has 0 saturated carbocycles. The molecule has 0 spiro atoms. The summed E-state index contributed by atoms with van der Waals surface area (Å²) in [6.07, 6.45) is 0.436. The molecule has 34 heavy (non-hydrogen) atoms. The Morgan fingerprint density at radius 1 is 0.971 bits per heavy atom. The molecule has 0 bridgehead atoms. The van der Waals surface area contributed by atoms with Crippen LogP contribution in [0.2, 0.25) is 5.02 Å². The summed E-state index contributed by atoms with van der Waals surface area (Å²) in [7, 11) is 0. The summed E-state index contributed by atoms with van der Waals surface area (Å²) in [5.74, 6) is 0.779. The molecular formula is C28H31ClN2O2S. The monoisotopic (exact) mass is 494 g/mol. The Labute approximate surface area is 211 Å². The number of thioether (sulfide) groups is 1. The predicted octanol–water partition coefficient (Wildman–Crippen LogP) is 5.66. The van der Waals surface area contributed by atoms with Gasteiger partial charge in [0.25, 0.3) is 0 Å². The number of nitrogens with one attached hydrogen (secondary N) is 1.